The maximum atomic E-state index is 12.0. The SMILES string of the molecule is CC(C)(CCC(=O)CCC(=O)CCC(C)(C)CCS(=O)(=O)O)CCS(=O)(=O)O. The number of Topliss-reactive ketones (excluding diaryl/α,β-unsaturated/α-hetero) is 2. The zero-order valence-electron chi connectivity index (χ0n) is 17.2. The van der Waals surface area contributed by atoms with Gasteiger partial charge in [0.05, 0.1) is 11.5 Å². The predicted octanol–water partition coefficient (Wildman–Crippen LogP) is 3.07. The van der Waals surface area contributed by atoms with E-state index < -0.39 is 31.1 Å². The van der Waals surface area contributed by atoms with E-state index in [0.29, 0.717) is 12.8 Å². The second-order valence-corrected chi connectivity index (χ2v) is 12.1. The predicted molar refractivity (Wildman–Crippen MR) is 107 cm³/mol. The highest BCUT2D eigenvalue weighted by atomic mass is 32.2. The zero-order chi connectivity index (χ0) is 22.2. The Morgan fingerprint density at radius 3 is 1.14 bits per heavy atom. The lowest BCUT2D eigenvalue weighted by molar-refractivity contribution is -0.124. The first-order chi connectivity index (χ1) is 12.4. The zero-order valence-corrected chi connectivity index (χ0v) is 18.9. The van der Waals surface area contributed by atoms with Crippen molar-refractivity contribution in [2.24, 2.45) is 10.8 Å². The number of hydrogen-bond acceptors (Lipinski definition) is 6. The molecule has 0 aromatic rings. The van der Waals surface area contributed by atoms with E-state index in [9.17, 15) is 26.4 Å². The van der Waals surface area contributed by atoms with Gasteiger partial charge in [0.25, 0.3) is 20.2 Å². The summed E-state index contributed by atoms with van der Waals surface area (Å²) in [6.45, 7) is 7.30. The van der Waals surface area contributed by atoms with Crippen molar-refractivity contribution in [2.45, 2.75) is 79.1 Å². The number of carbonyl (C=O) groups excluding carboxylic acids is 2. The molecule has 0 aromatic heterocycles. The Morgan fingerprint density at radius 1 is 0.607 bits per heavy atom. The molecule has 0 bridgehead atoms. The summed E-state index contributed by atoms with van der Waals surface area (Å²) in [5.74, 6) is -0.835. The van der Waals surface area contributed by atoms with E-state index >= 15 is 0 Å². The van der Waals surface area contributed by atoms with Gasteiger partial charge >= 0.3 is 0 Å². The van der Waals surface area contributed by atoms with Crippen LogP contribution in [-0.4, -0.2) is 49.0 Å². The molecule has 0 unspecified atom stereocenters. The summed E-state index contributed by atoms with van der Waals surface area (Å²) < 4.78 is 60.9. The summed E-state index contributed by atoms with van der Waals surface area (Å²) in [6.07, 6.45) is 2.17. The Balaban J connectivity index is 4.19. The van der Waals surface area contributed by atoms with E-state index in [1.54, 1.807) is 0 Å². The van der Waals surface area contributed by atoms with Crippen LogP contribution >= 0.6 is 0 Å². The smallest absolute Gasteiger partial charge is 0.264 e. The molecule has 28 heavy (non-hydrogen) atoms. The van der Waals surface area contributed by atoms with Gasteiger partial charge in [-0.15, -0.1) is 0 Å². The molecule has 0 saturated heterocycles. The van der Waals surface area contributed by atoms with Gasteiger partial charge < -0.3 is 0 Å². The minimum Gasteiger partial charge on any atom is -0.300 e. The highest BCUT2D eigenvalue weighted by Gasteiger charge is 2.23. The molecule has 8 nitrogen and oxygen atoms in total. The molecule has 0 saturated carbocycles. The molecule has 0 aliphatic rings. The van der Waals surface area contributed by atoms with Gasteiger partial charge in [-0.25, -0.2) is 0 Å². The Kier molecular flexibility index (Phi) is 10.5. The van der Waals surface area contributed by atoms with Crippen molar-refractivity contribution in [1.82, 2.24) is 0 Å². The van der Waals surface area contributed by atoms with Gasteiger partial charge in [0.1, 0.15) is 11.6 Å². The van der Waals surface area contributed by atoms with Crippen LogP contribution in [0.2, 0.25) is 0 Å². The van der Waals surface area contributed by atoms with Crippen LogP contribution in [0.1, 0.15) is 79.1 Å². The van der Waals surface area contributed by atoms with Crippen molar-refractivity contribution in [3.63, 3.8) is 0 Å². The lowest BCUT2D eigenvalue weighted by Gasteiger charge is -2.24. The summed E-state index contributed by atoms with van der Waals surface area (Å²) >= 11 is 0. The van der Waals surface area contributed by atoms with Crippen molar-refractivity contribution in [2.75, 3.05) is 11.5 Å². The molecular weight excluding hydrogens is 408 g/mol. The van der Waals surface area contributed by atoms with Crippen molar-refractivity contribution in [3.8, 4) is 0 Å². The van der Waals surface area contributed by atoms with Gasteiger partial charge in [0.2, 0.25) is 0 Å². The topological polar surface area (TPSA) is 143 Å². The van der Waals surface area contributed by atoms with E-state index in [0.717, 1.165) is 0 Å². The van der Waals surface area contributed by atoms with E-state index in [4.69, 9.17) is 9.11 Å². The lowest BCUT2D eigenvalue weighted by atomic mass is 9.83. The summed E-state index contributed by atoms with van der Waals surface area (Å²) in [6, 6.07) is 0. The molecule has 0 aromatic carbocycles. The molecule has 0 rings (SSSR count). The average Bonchev–Trinajstić information content (AvgIpc) is 2.52. The number of ketones is 2. The molecule has 0 aliphatic heterocycles. The molecular formula is C18H34O8S2. The van der Waals surface area contributed by atoms with Gasteiger partial charge in [-0.1, -0.05) is 27.7 Å². The third kappa shape index (κ3) is 16.1. The fourth-order valence-corrected chi connectivity index (χ4v) is 4.17. The van der Waals surface area contributed by atoms with Crippen molar-refractivity contribution < 1.29 is 35.5 Å². The standard InChI is InChI=1S/C18H34O8S2/c1-17(2,11-13-27(21,22)23)9-7-15(19)5-6-16(20)8-10-18(3,4)12-14-28(24,25)26/h5-14H2,1-4H3,(H,21,22,23)(H,24,25,26). The molecule has 0 fully saturated rings. The van der Waals surface area contributed by atoms with Crippen LogP contribution in [-0.2, 0) is 29.8 Å². The first-order valence-corrected chi connectivity index (χ1v) is 12.6. The maximum Gasteiger partial charge on any atom is 0.264 e. The molecule has 0 aliphatic carbocycles. The highest BCUT2D eigenvalue weighted by Crippen LogP contribution is 2.29. The van der Waals surface area contributed by atoms with Gasteiger partial charge in [-0.2, -0.15) is 16.8 Å². The van der Waals surface area contributed by atoms with E-state index in [1.165, 1.54) is 0 Å². The fraction of sp³-hybridized carbons (Fsp3) is 0.889. The number of carbonyl (C=O) groups is 2. The largest absolute Gasteiger partial charge is 0.300 e. The quantitative estimate of drug-likeness (QED) is 0.368. The van der Waals surface area contributed by atoms with Crippen molar-refractivity contribution in [1.29, 1.82) is 0 Å². The molecule has 0 heterocycles. The third-order valence-corrected chi connectivity index (χ3v) is 6.36. The minimum atomic E-state index is -4.03. The number of hydrogen-bond donors (Lipinski definition) is 2. The minimum absolute atomic E-state index is 0.0704. The lowest BCUT2D eigenvalue weighted by Crippen LogP contribution is -2.19. The highest BCUT2D eigenvalue weighted by molar-refractivity contribution is 7.86. The van der Waals surface area contributed by atoms with Crippen LogP contribution in [0.4, 0.5) is 0 Å². The Hall–Kier alpha value is -0.840. The van der Waals surface area contributed by atoms with Gasteiger partial charge in [-0.3, -0.25) is 18.7 Å². The monoisotopic (exact) mass is 442 g/mol. The molecule has 0 spiro atoms. The first-order valence-electron chi connectivity index (χ1n) is 9.35. The van der Waals surface area contributed by atoms with Crippen LogP contribution in [0.25, 0.3) is 0 Å². The molecule has 2 N–H and O–H groups in total. The van der Waals surface area contributed by atoms with Crippen molar-refractivity contribution in [3.05, 3.63) is 0 Å². The second-order valence-electron chi connectivity index (χ2n) is 8.98. The van der Waals surface area contributed by atoms with E-state index in [2.05, 4.69) is 0 Å². The summed E-state index contributed by atoms with van der Waals surface area (Å²) in [5.41, 5.74) is -0.820. The normalized spacial score (nSPS) is 13.5. The molecule has 0 amide bonds. The van der Waals surface area contributed by atoms with Crippen LogP contribution in [0.15, 0.2) is 0 Å². The van der Waals surface area contributed by atoms with E-state index in [1.807, 2.05) is 27.7 Å². The van der Waals surface area contributed by atoms with Gasteiger partial charge in [0.15, 0.2) is 0 Å². The first kappa shape index (κ1) is 27.2. The van der Waals surface area contributed by atoms with Crippen LogP contribution in [0, 0.1) is 10.8 Å². The molecule has 0 radical (unpaired) electrons. The summed E-state index contributed by atoms with van der Waals surface area (Å²) in [5, 5.41) is 0. The second kappa shape index (κ2) is 10.8. The average molecular weight is 443 g/mol. The van der Waals surface area contributed by atoms with Gasteiger partial charge in [0, 0.05) is 25.7 Å². The fourth-order valence-electron chi connectivity index (χ4n) is 2.54. The maximum absolute atomic E-state index is 12.0. The van der Waals surface area contributed by atoms with Gasteiger partial charge in [-0.05, 0) is 36.5 Å². The molecule has 10 heteroatoms. The van der Waals surface area contributed by atoms with E-state index in [-0.39, 0.29) is 61.6 Å². The Labute approximate surface area is 169 Å². The van der Waals surface area contributed by atoms with Crippen LogP contribution in [0.5, 0.6) is 0 Å². The summed E-state index contributed by atoms with van der Waals surface area (Å²) in [7, 11) is -8.05. The van der Waals surface area contributed by atoms with Crippen LogP contribution in [0.3, 0.4) is 0 Å². The Morgan fingerprint density at radius 2 is 0.893 bits per heavy atom. The molecule has 166 valence electrons. The number of rotatable bonds is 15. The summed E-state index contributed by atoms with van der Waals surface area (Å²) in [4.78, 5) is 24.0. The van der Waals surface area contributed by atoms with Crippen LogP contribution < -0.4 is 0 Å². The third-order valence-electron chi connectivity index (χ3n) is 4.92. The Bertz CT molecular complexity index is 670. The van der Waals surface area contributed by atoms with Crippen molar-refractivity contribution >= 4 is 31.8 Å². The molecule has 0 atom stereocenters.